The summed E-state index contributed by atoms with van der Waals surface area (Å²) >= 11 is 1.02. The molecule has 5 atom stereocenters. The summed E-state index contributed by atoms with van der Waals surface area (Å²) in [6, 6.07) is 0. The maximum Gasteiger partial charge on any atom is 0.311 e. The quantitative estimate of drug-likeness (QED) is 0.285. The van der Waals surface area contributed by atoms with Crippen molar-refractivity contribution in [3.05, 3.63) is 0 Å². The first-order chi connectivity index (χ1) is 18.3. The summed E-state index contributed by atoms with van der Waals surface area (Å²) in [7, 11) is 0. The molecule has 0 aromatic carbocycles. The van der Waals surface area contributed by atoms with Crippen molar-refractivity contribution in [2.45, 2.75) is 126 Å². The molecule has 0 aliphatic carbocycles. The van der Waals surface area contributed by atoms with Crippen molar-refractivity contribution in [2.75, 3.05) is 6.61 Å². The van der Waals surface area contributed by atoms with Crippen molar-refractivity contribution in [2.24, 2.45) is 27.6 Å². The molecule has 0 N–H and O–H groups in total. The van der Waals surface area contributed by atoms with E-state index in [0.29, 0.717) is 0 Å². The van der Waals surface area contributed by atoms with E-state index >= 15 is 0 Å². The van der Waals surface area contributed by atoms with E-state index in [-0.39, 0.29) is 6.61 Å². The first kappa shape index (κ1) is 36.7. The van der Waals surface area contributed by atoms with Crippen LogP contribution in [0.1, 0.15) is 96.9 Å². The predicted octanol–water partition coefficient (Wildman–Crippen LogP) is 5.09. The summed E-state index contributed by atoms with van der Waals surface area (Å²) in [4.78, 5) is 65.0. The molecule has 1 aliphatic heterocycles. The van der Waals surface area contributed by atoms with E-state index in [4.69, 9.17) is 23.7 Å². The van der Waals surface area contributed by atoms with Crippen LogP contribution in [0.25, 0.3) is 0 Å². The smallest absolute Gasteiger partial charge is 0.311 e. The molecular formula is C30H50O10S. The van der Waals surface area contributed by atoms with Gasteiger partial charge in [0.1, 0.15) is 6.61 Å². The Morgan fingerprint density at radius 3 is 1.29 bits per heavy atom. The van der Waals surface area contributed by atoms with Crippen LogP contribution in [0.15, 0.2) is 0 Å². The van der Waals surface area contributed by atoms with Crippen LogP contribution < -0.4 is 0 Å². The summed E-state index contributed by atoms with van der Waals surface area (Å²) in [6.45, 7) is 23.1. The van der Waals surface area contributed by atoms with Crippen LogP contribution >= 0.6 is 11.8 Å². The first-order valence-corrected chi connectivity index (χ1v) is 14.9. The molecule has 11 heteroatoms. The molecule has 1 heterocycles. The molecule has 1 aliphatic rings. The minimum Gasteiger partial charge on any atom is -0.464 e. The molecule has 0 saturated carbocycles. The van der Waals surface area contributed by atoms with E-state index in [1.165, 1.54) is 0 Å². The average Bonchev–Trinajstić information content (AvgIpc) is 2.78. The Balaban J connectivity index is 3.77. The molecule has 0 radical (unpaired) electrons. The molecule has 1 fully saturated rings. The Morgan fingerprint density at radius 2 is 0.927 bits per heavy atom. The maximum atomic E-state index is 13.2. The third-order valence-corrected chi connectivity index (χ3v) is 7.24. The number of esters is 5. The average molecular weight is 603 g/mol. The number of carbonyl (C=O) groups is 5. The Morgan fingerprint density at radius 1 is 0.561 bits per heavy atom. The second-order valence-electron chi connectivity index (χ2n) is 14.8. The standard InChI is InChI=1S/C30H50O10S/c1-16(2)21(31)40-22-20(39-26(35)30(12,13)14)19(38-25(34)29(9,10)11)18(37-24(33)28(6,7)8)17(41-22)15-36-23(32)27(3,4)5/h16-20,22H,15H2,1-14H3. The molecule has 1 saturated heterocycles. The van der Waals surface area contributed by atoms with Gasteiger partial charge in [-0.1, -0.05) is 13.8 Å². The van der Waals surface area contributed by atoms with Crippen LogP contribution in [-0.2, 0) is 47.7 Å². The summed E-state index contributed by atoms with van der Waals surface area (Å²) in [5, 5.41) is -0.833. The van der Waals surface area contributed by atoms with Gasteiger partial charge in [-0.3, -0.25) is 24.0 Å². The van der Waals surface area contributed by atoms with Crippen LogP contribution in [0.5, 0.6) is 0 Å². The SMILES string of the molecule is CC(C)C(=O)OC1SC(COC(=O)C(C)(C)C)C(OC(=O)C(C)(C)C)C(OC(=O)C(C)(C)C)C1OC(=O)C(C)(C)C. The minimum absolute atomic E-state index is 0.248. The Bertz CT molecular complexity index is 975. The molecule has 0 spiro atoms. The second kappa shape index (κ2) is 13.3. The van der Waals surface area contributed by atoms with Crippen molar-refractivity contribution < 1.29 is 47.7 Å². The number of hydrogen-bond acceptors (Lipinski definition) is 11. The number of rotatable bonds is 7. The molecule has 1 rings (SSSR count). The highest BCUT2D eigenvalue weighted by Crippen LogP contribution is 2.41. The fourth-order valence-electron chi connectivity index (χ4n) is 3.04. The number of hydrogen-bond donors (Lipinski definition) is 0. The van der Waals surface area contributed by atoms with Gasteiger partial charge in [0.25, 0.3) is 0 Å². The van der Waals surface area contributed by atoms with E-state index in [1.54, 1.807) is 96.9 Å². The second-order valence-corrected chi connectivity index (χ2v) is 16.2. The van der Waals surface area contributed by atoms with E-state index < -0.39 is 86.4 Å². The third-order valence-electron chi connectivity index (χ3n) is 5.85. The van der Waals surface area contributed by atoms with Gasteiger partial charge in [-0.05, 0) is 83.1 Å². The van der Waals surface area contributed by atoms with Crippen LogP contribution in [-0.4, -0.2) is 65.5 Å². The van der Waals surface area contributed by atoms with E-state index in [1.807, 2.05) is 0 Å². The summed E-state index contributed by atoms with van der Waals surface area (Å²) in [5.41, 5.74) is -4.83. The van der Waals surface area contributed by atoms with Crippen molar-refractivity contribution in [1.82, 2.24) is 0 Å². The summed E-state index contributed by atoms with van der Waals surface area (Å²) in [6.07, 6.45) is -3.91. The van der Waals surface area contributed by atoms with Gasteiger partial charge in [0.15, 0.2) is 23.7 Å². The highest BCUT2D eigenvalue weighted by molar-refractivity contribution is 8.00. The van der Waals surface area contributed by atoms with Gasteiger partial charge in [0.2, 0.25) is 0 Å². The van der Waals surface area contributed by atoms with Crippen molar-refractivity contribution in [3.63, 3.8) is 0 Å². The number of carbonyl (C=O) groups excluding carboxylic acids is 5. The normalized spacial score (nSPS) is 23.8. The molecule has 0 aromatic rings. The third kappa shape index (κ3) is 10.8. The van der Waals surface area contributed by atoms with Gasteiger partial charge in [-0.2, -0.15) is 0 Å². The summed E-state index contributed by atoms with van der Waals surface area (Å²) in [5.74, 6) is -3.48. The minimum atomic E-state index is -1.37. The van der Waals surface area contributed by atoms with E-state index in [2.05, 4.69) is 0 Å². The largest absolute Gasteiger partial charge is 0.464 e. The van der Waals surface area contributed by atoms with Gasteiger partial charge in [-0.15, -0.1) is 11.8 Å². The highest BCUT2D eigenvalue weighted by Gasteiger charge is 2.55. The lowest BCUT2D eigenvalue weighted by atomic mass is 9.94. The van der Waals surface area contributed by atoms with Gasteiger partial charge in [-0.25, -0.2) is 0 Å². The zero-order chi connectivity index (χ0) is 32.3. The first-order valence-electron chi connectivity index (χ1n) is 13.9. The Hall–Kier alpha value is -2.30. The van der Waals surface area contributed by atoms with Crippen molar-refractivity contribution >= 4 is 41.6 Å². The van der Waals surface area contributed by atoms with Crippen molar-refractivity contribution in [1.29, 1.82) is 0 Å². The van der Waals surface area contributed by atoms with Crippen LogP contribution in [0.3, 0.4) is 0 Å². The Kier molecular flexibility index (Phi) is 11.9. The fourth-order valence-corrected chi connectivity index (χ4v) is 4.41. The van der Waals surface area contributed by atoms with E-state index in [0.717, 1.165) is 11.8 Å². The lowest BCUT2D eigenvalue weighted by molar-refractivity contribution is -0.207. The molecule has 0 amide bonds. The molecule has 10 nitrogen and oxygen atoms in total. The molecule has 236 valence electrons. The molecular weight excluding hydrogens is 552 g/mol. The molecule has 5 unspecified atom stereocenters. The fraction of sp³-hybridized carbons (Fsp3) is 0.833. The number of thioether (sulfide) groups is 1. The van der Waals surface area contributed by atoms with Crippen LogP contribution in [0.2, 0.25) is 0 Å². The van der Waals surface area contributed by atoms with Gasteiger partial charge >= 0.3 is 29.8 Å². The van der Waals surface area contributed by atoms with Gasteiger partial charge < -0.3 is 23.7 Å². The zero-order valence-corrected chi connectivity index (χ0v) is 28.0. The van der Waals surface area contributed by atoms with Crippen LogP contribution in [0, 0.1) is 27.6 Å². The molecule has 41 heavy (non-hydrogen) atoms. The number of ether oxygens (including phenoxy) is 5. The Labute approximate surface area is 249 Å². The lowest BCUT2D eigenvalue weighted by Crippen LogP contribution is -2.61. The summed E-state index contributed by atoms with van der Waals surface area (Å²) < 4.78 is 29.2. The zero-order valence-electron chi connectivity index (χ0n) is 27.2. The van der Waals surface area contributed by atoms with E-state index in [9.17, 15) is 24.0 Å². The molecule has 0 bridgehead atoms. The predicted molar refractivity (Wildman–Crippen MR) is 155 cm³/mol. The van der Waals surface area contributed by atoms with Crippen LogP contribution in [0.4, 0.5) is 0 Å². The molecule has 0 aromatic heterocycles. The maximum absolute atomic E-state index is 13.2. The lowest BCUT2D eigenvalue weighted by Gasteiger charge is -2.45. The van der Waals surface area contributed by atoms with Crippen molar-refractivity contribution in [3.8, 4) is 0 Å². The highest BCUT2D eigenvalue weighted by atomic mass is 32.2. The van der Waals surface area contributed by atoms with Gasteiger partial charge in [0, 0.05) is 0 Å². The van der Waals surface area contributed by atoms with Gasteiger partial charge in [0.05, 0.1) is 32.8 Å². The monoisotopic (exact) mass is 602 g/mol. The topological polar surface area (TPSA) is 132 Å².